The van der Waals surface area contributed by atoms with Crippen molar-refractivity contribution in [3.8, 4) is 0 Å². The normalized spacial score (nSPS) is 26.6. The van der Waals surface area contributed by atoms with Crippen molar-refractivity contribution in [3.05, 3.63) is 52.6 Å². The van der Waals surface area contributed by atoms with E-state index >= 15 is 0 Å². The van der Waals surface area contributed by atoms with Gasteiger partial charge in [0.25, 0.3) is 0 Å². The molecule has 2 fully saturated rings. The van der Waals surface area contributed by atoms with Crippen molar-refractivity contribution in [1.29, 1.82) is 0 Å². The second kappa shape index (κ2) is 7.85. The highest BCUT2D eigenvalue weighted by Crippen LogP contribution is 2.44. The number of rotatable bonds is 4. The minimum absolute atomic E-state index is 0.150. The molecule has 3 aliphatic rings. The summed E-state index contributed by atoms with van der Waals surface area (Å²) in [5.41, 5.74) is 0.150. The van der Waals surface area contributed by atoms with Crippen LogP contribution in [0.4, 0.5) is 19.2 Å². The second-order valence-corrected chi connectivity index (χ2v) is 9.56. The number of fused-ring (bicyclic) bond motifs is 3. The van der Waals surface area contributed by atoms with E-state index in [1.54, 1.807) is 0 Å². The van der Waals surface area contributed by atoms with Crippen LogP contribution >= 0.6 is 0 Å². The zero-order valence-corrected chi connectivity index (χ0v) is 18.3. The van der Waals surface area contributed by atoms with Crippen molar-refractivity contribution >= 4 is 6.01 Å². The molecule has 2 aromatic heterocycles. The van der Waals surface area contributed by atoms with Crippen molar-refractivity contribution in [2.75, 3.05) is 18.0 Å². The minimum Gasteiger partial charge on any atom is -0.324 e. The van der Waals surface area contributed by atoms with Gasteiger partial charge >= 0.3 is 6.01 Å². The molecule has 3 aromatic rings. The molecule has 0 radical (unpaired) electrons. The van der Waals surface area contributed by atoms with Gasteiger partial charge in [0.15, 0.2) is 29.1 Å². The summed E-state index contributed by atoms with van der Waals surface area (Å²) >= 11 is 0. The van der Waals surface area contributed by atoms with Crippen molar-refractivity contribution in [3.63, 3.8) is 0 Å². The lowest BCUT2D eigenvalue weighted by atomic mass is 9.82. The lowest BCUT2D eigenvalue weighted by molar-refractivity contribution is 0.254. The fourth-order valence-electron chi connectivity index (χ4n) is 6.04. The van der Waals surface area contributed by atoms with Gasteiger partial charge in [-0.1, -0.05) is 11.2 Å². The van der Waals surface area contributed by atoms with Gasteiger partial charge in [0, 0.05) is 37.5 Å². The maximum absolute atomic E-state index is 14.5. The summed E-state index contributed by atoms with van der Waals surface area (Å²) in [6.07, 6.45) is 4.48. The Morgan fingerprint density at radius 3 is 2.55 bits per heavy atom. The van der Waals surface area contributed by atoms with E-state index in [4.69, 9.17) is 14.6 Å². The SMILES string of the molecule is Cc1noc(N2C[C@H]3CC[C@@H](C2)C3Cc2nc3n(n2)CCCC3c2ccc(F)c(F)c2F)n1. The third kappa shape index (κ3) is 3.50. The summed E-state index contributed by atoms with van der Waals surface area (Å²) in [6.45, 7) is 4.27. The van der Waals surface area contributed by atoms with Crippen LogP contribution in [0.2, 0.25) is 0 Å². The quantitative estimate of drug-likeness (QED) is 0.550. The van der Waals surface area contributed by atoms with Crippen LogP contribution in [0.15, 0.2) is 16.7 Å². The van der Waals surface area contributed by atoms with E-state index < -0.39 is 23.4 Å². The van der Waals surface area contributed by atoms with Gasteiger partial charge in [-0.25, -0.2) is 22.8 Å². The van der Waals surface area contributed by atoms with E-state index in [2.05, 4.69) is 15.0 Å². The first-order valence-electron chi connectivity index (χ1n) is 11.6. The number of benzene rings is 1. The average molecular weight is 458 g/mol. The van der Waals surface area contributed by atoms with E-state index in [9.17, 15) is 13.2 Å². The smallest absolute Gasteiger partial charge is 0.324 e. The molecule has 0 spiro atoms. The maximum Gasteiger partial charge on any atom is 0.324 e. The Balaban J connectivity index is 1.22. The summed E-state index contributed by atoms with van der Waals surface area (Å²) in [5, 5.41) is 8.64. The largest absolute Gasteiger partial charge is 0.324 e. The third-order valence-electron chi connectivity index (χ3n) is 7.59. The molecule has 10 heteroatoms. The molecule has 1 aliphatic carbocycles. The van der Waals surface area contributed by atoms with Crippen molar-refractivity contribution in [2.45, 2.75) is 51.5 Å². The number of nitrogens with zero attached hydrogens (tertiary/aromatic N) is 6. The van der Waals surface area contributed by atoms with Crippen molar-refractivity contribution in [2.24, 2.45) is 17.8 Å². The molecule has 0 amide bonds. The fourth-order valence-corrected chi connectivity index (χ4v) is 6.04. The third-order valence-corrected chi connectivity index (χ3v) is 7.59. The molecule has 4 atom stereocenters. The Morgan fingerprint density at radius 2 is 1.82 bits per heavy atom. The van der Waals surface area contributed by atoms with Crippen LogP contribution in [0.3, 0.4) is 0 Å². The van der Waals surface area contributed by atoms with Gasteiger partial charge in [0.05, 0.1) is 0 Å². The number of anilines is 1. The predicted molar refractivity (Wildman–Crippen MR) is 112 cm³/mol. The molecule has 1 aromatic carbocycles. The first kappa shape index (κ1) is 20.7. The van der Waals surface area contributed by atoms with Crippen LogP contribution < -0.4 is 4.90 Å². The zero-order chi connectivity index (χ0) is 22.7. The molecule has 33 heavy (non-hydrogen) atoms. The van der Waals surface area contributed by atoms with Gasteiger partial charge in [-0.15, -0.1) is 0 Å². The minimum atomic E-state index is -1.43. The van der Waals surface area contributed by atoms with Gasteiger partial charge in [-0.05, 0) is 56.4 Å². The number of aryl methyl sites for hydroxylation is 2. The summed E-state index contributed by atoms with van der Waals surface area (Å²) in [6, 6.07) is 2.91. The van der Waals surface area contributed by atoms with Crippen LogP contribution in [0.1, 0.15) is 54.6 Å². The summed E-state index contributed by atoms with van der Waals surface area (Å²) in [5.74, 6) is -0.652. The van der Waals surface area contributed by atoms with Crippen LogP contribution in [0.25, 0.3) is 0 Å². The van der Waals surface area contributed by atoms with Crippen LogP contribution in [0.5, 0.6) is 0 Å². The van der Waals surface area contributed by atoms with Crippen LogP contribution in [-0.4, -0.2) is 38.0 Å². The molecule has 2 aliphatic heterocycles. The molecule has 174 valence electrons. The molecule has 1 saturated heterocycles. The number of halogens is 3. The molecule has 6 rings (SSSR count). The summed E-state index contributed by atoms with van der Waals surface area (Å²) in [7, 11) is 0. The van der Waals surface area contributed by atoms with Crippen molar-refractivity contribution < 1.29 is 17.7 Å². The Morgan fingerprint density at radius 1 is 1.03 bits per heavy atom. The molecule has 2 bridgehead atoms. The van der Waals surface area contributed by atoms with E-state index in [1.165, 1.54) is 6.07 Å². The standard InChI is InChI=1S/C23H25F3N6O/c1-12-27-23(33-30-12)31-10-13-4-5-14(11-31)17(13)9-19-28-22-16(3-2-8-32(22)29-19)15-6-7-18(24)21(26)20(15)25/h6-7,13-14,16-17H,2-5,8-11H2,1H3/t13-,14+,16?,17?. The lowest BCUT2D eigenvalue weighted by Crippen LogP contribution is -2.43. The Labute approximate surface area is 189 Å². The second-order valence-electron chi connectivity index (χ2n) is 9.56. The van der Waals surface area contributed by atoms with E-state index in [1.807, 2.05) is 11.6 Å². The number of piperidine rings is 1. The summed E-state index contributed by atoms with van der Waals surface area (Å²) in [4.78, 5) is 11.4. The average Bonchev–Trinajstić information content (AvgIpc) is 3.48. The number of hydrogen-bond acceptors (Lipinski definition) is 6. The summed E-state index contributed by atoms with van der Waals surface area (Å²) < 4.78 is 49.0. The van der Waals surface area contributed by atoms with E-state index in [-0.39, 0.29) is 5.56 Å². The molecule has 4 heterocycles. The van der Waals surface area contributed by atoms with E-state index in [0.29, 0.717) is 48.4 Å². The molecular formula is C23H25F3N6O. The van der Waals surface area contributed by atoms with Crippen LogP contribution in [0, 0.1) is 42.1 Å². The Bertz CT molecular complexity index is 1180. The molecular weight excluding hydrogens is 433 g/mol. The molecule has 1 saturated carbocycles. The molecule has 7 nitrogen and oxygen atoms in total. The van der Waals surface area contributed by atoms with Crippen LogP contribution in [-0.2, 0) is 13.0 Å². The Kier molecular flexibility index (Phi) is 4.92. The topological polar surface area (TPSA) is 72.9 Å². The maximum atomic E-state index is 14.5. The zero-order valence-electron chi connectivity index (χ0n) is 18.3. The number of hydrogen-bond donors (Lipinski definition) is 0. The highest BCUT2D eigenvalue weighted by molar-refractivity contribution is 5.30. The predicted octanol–water partition coefficient (Wildman–Crippen LogP) is 4.02. The first-order valence-corrected chi connectivity index (χ1v) is 11.6. The van der Waals surface area contributed by atoms with E-state index in [0.717, 1.165) is 50.7 Å². The highest BCUT2D eigenvalue weighted by Gasteiger charge is 2.44. The first-order chi connectivity index (χ1) is 16.0. The number of aromatic nitrogens is 5. The van der Waals surface area contributed by atoms with Gasteiger partial charge in [-0.3, -0.25) is 0 Å². The highest BCUT2D eigenvalue weighted by atomic mass is 19.2. The fraction of sp³-hybridized carbons (Fsp3) is 0.565. The van der Waals surface area contributed by atoms with Gasteiger partial charge in [0.2, 0.25) is 0 Å². The molecule has 2 unspecified atom stereocenters. The van der Waals surface area contributed by atoms with Gasteiger partial charge in [-0.2, -0.15) is 10.1 Å². The van der Waals surface area contributed by atoms with Gasteiger partial charge < -0.3 is 9.42 Å². The van der Waals surface area contributed by atoms with Gasteiger partial charge in [0.1, 0.15) is 5.82 Å². The van der Waals surface area contributed by atoms with Crippen molar-refractivity contribution in [1.82, 2.24) is 24.9 Å². The molecule has 0 N–H and O–H groups in total. The monoisotopic (exact) mass is 458 g/mol. The lowest BCUT2D eigenvalue weighted by Gasteiger charge is -2.36. The Hall–Kier alpha value is -2.91.